The van der Waals surface area contributed by atoms with E-state index in [1.807, 2.05) is 0 Å². The van der Waals surface area contributed by atoms with Gasteiger partial charge in [0.2, 0.25) is 17.7 Å². The maximum Gasteiger partial charge on any atom is 0.326 e. The summed E-state index contributed by atoms with van der Waals surface area (Å²) in [5.41, 5.74) is 21.1. The van der Waals surface area contributed by atoms with Gasteiger partial charge in [0.15, 0.2) is 11.9 Å². The van der Waals surface area contributed by atoms with Gasteiger partial charge >= 0.3 is 11.9 Å². The lowest BCUT2D eigenvalue weighted by atomic mass is 10.1. The largest absolute Gasteiger partial charge is 0.481 e. The molecule has 4 atom stereocenters. The first-order valence-electron chi connectivity index (χ1n) is 12.6. The molecule has 0 aliphatic carbocycles. The molecule has 17 heteroatoms. The first kappa shape index (κ1) is 32.9. The number of nitrogens with two attached hydrogens (primary N) is 4. The van der Waals surface area contributed by atoms with E-state index in [9.17, 15) is 29.1 Å². The zero-order chi connectivity index (χ0) is 29.4. The highest BCUT2D eigenvalue weighted by Gasteiger charge is 2.31. The Balaban J connectivity index is 2.98. The van der Waals surface area contributed by atoms with Crippen LogP contribution in [0.2, 0.25) is 0 Å². The standard InChI is InChI=1S/C22H40N10O7/c23-21(24)28-10-2-5-13(18(36)32-15(20(38)39)6-3-11-29-22(25)26)30-19(37)14(7-8-16(33)34)31-17(35)12-4-1-9-27-12/h12-15,27H,1-11H2,(H,30,37)(H,31,35)(H,32,36)(H,33,34)(H,38,39)(H4,23,24,28)(H4,25,26,29). The molecule has 0 bridgehead atoms. The summed E-state index contributed by atoms with van der Waals surface area (Å²) < 4.78 is 0. The Kier molecular flexibility index (Phi) is 14.6. The Morgan fingerprint density at radius 1 is 0.795 bits per heavy atom. The van der Waals surface area contributed by atoms with Crippen molar-refractivity contribution in [2.75, 3.05) is 19.6 Å². The van der Waals surface area contributed by atoms with E-state index in [1.54, 1.807) is 0 Å². The third kappa shape index (κ3) is 13.8. The van der Waals surface area contributed by atoms with E-state index in [0.717, 1.165) is 6.42 Å². The van der Waals surface area contributed by atoms with Crippen LogP contribution in [0.1, 0.15) is 51.4 Å². The molecule has 1 fully saturated rings. The molecule has 0 aromatic heterocycles. The van der Waals surface area contributed by atoms with Crippen molar-refractivity contribution in [2.45, 2.75) is 75.5 Å². The lowest BCUT2D eigenvalue weighted by molar-refractivity contribution is -0.142. The van der Waals surface area contributed by atoms with Gasteiger partial charge in [-0.3, -0.25) is 29.2 Å². The second kappa shape index (κ2) is 17.4. The molecule has 0 aromatic carbocycles. The number of aliphatic carboxylic acids is 2. The monoisotopic (exact) mass is 556 g/mol. The van der Waals surface area contributed by atoms with E-state index >= 15 is 0 Å². The Morgan fingerprint density at radius 3 is 1.77 bits per heavy atom. The second-order valence-electron chi connectivity index (χ2n) is 9.00. The number of amides is 3. The van der Waals surface area contributed by atoms with Crippen molar-refractivity contribution in [1.82, 2.24) is 21.3 Å². The molecule has 1 rings (SSSR count). The normalized spacial score (nSPS) is 16.7. The van der Waals surface area contributed by atoms with Crippen LogP contribution in [0.25, 0.3) is 0 Å². The molecule has 0 spiro atoms. The molecule has 0 saturated carbocycles. The smallest absolute Gasteiger partial charge is 0.326 e. The number of hydrogen-bond donors (Lipinski definition) is 10. The predicted molar refractivity (Wildman–Crippen MR) is 141 cm³/mol. The summed E-state index contributed by atoms with van der Waals surface area (Å²) in [6, 6.07) is -4.27. The number of guanidine groups is 2. The minimum absolute atomic E-state index is 0.0121. The summed E-state index contributed by atoms with van der Waals surface area (Å²) in [4.78, 5) is 69.2. The first-order valence-corrected chi connectivity index (χ1v) is 12.6. The zero-order valence-corrected chi connectivity index (χ0v) is 21.7. The van der Waals surface area contributed by atoms with Gasteiger partial charge in [0, 0.05) is 19.5 Å². The SMILES string of the molecule is NC(N)=NCCCC(NC(=O)C(CCCN=C(N)N)NC(=O)C(CCC(=O)O)NC(=O)C1CCCN1)C(=O)O. The Bertz CT molecular complexity index is 913. The average Bonchev–Trinajstić information content (AvgIpc) is 3.39. The molecule has 17 nitrogen and oxygen atoms in total. The number of carboxylic acid groups (broad SMARTS) is 2. The molecule has 1 saturated heterocycles. The number of carbonyl (C=O) groups is 5. The lowest BCUT2D eigenvalue weighted by Gasteiger charge is -2.25. The molecule has 0 aromatic rings. The Morgan fingerprint density at radius 2 is 1.31 bits per heavy atom. The summed E-state index contributed by atoms with van der Waals surface area (Å²) in [6.07, 6.45) is 1.26. The molecule has 14 N–H and O–H groups in total. The average molecular weight is 557 g/mol. The van der Waals surface area contributed by atoms with Gasteiger partial charge < -0.3 is 54.4 Å². The van der Waals surface area contributed by atoms with Crippen molar-refractivity contribution >= 4 is 41.6 Å². The molecule has 1 heterocycles. The third-order valence-corrected chi connectivity index (χ3v) is 5.79. The fourth-order valence-corrected chi connectivity index (χ4v) is 3.80. The van der Waals surface area contributed by atoms with E-state index in [2.05, 4.69) is 31.3 Å². The quantitative estimate of drug-likeness (QED) is 0.0442. The van der Waals surface area contributed by atoms with Crippen molar-refractivity contribution in [3.63, 3.8) is 0 Å². The zero-order valence-electron chi connectivity index (χ0n) is 21.7. The van der Waals surface area contributed by atoms with Gasteiger partial charge in [0.25, 0.3) is 0 Å². The number of rotatable bonds is 18. The molecule has 1 aliphatic rings. The van der Waals surface area contributed by atoms with Crippen LogP contribution >= 0.6 is 0 Å². The van der Waals surface area contributed by atoms with Crippen LogP contribution in [-0.4, -0.2) is 95.6 Å². The number of nitrogens with one attached hydrogen (secondary N) is 4. The predicted octanol–water partition coefficient (Wildman–Crippen LogP) is -3.75. The summed E-state index contributed by atoms with van der Waals surface area (Å²) >= 11 is 0. The summed E-state index contributed by atoms with van der Waals surface area (Å²) in [5, 5.41) is 29.1. The second-order valence-corrected chi connectivity index (χ2v) is 9.00. The number of hydrogen-bond acceptors (Lipinski definition) is 8. The van der Waals surface area contributed by atoms with Crippen molar-refractivity contribution in [3.8, 4) is 0 Å². The molecule has 4 unspecified atom stereocenters. The topological polar surface area (TPSA) is 303 Å². The van der Waals surface area contributed by atoms with Crippen LogP contribution in [0.3, 0.4) is 0 Å². The molecule has 0 radical (unpaired) electrons. The van der Waals surface area contributed by atoms with E-state index < -0.39 is 60.2 Å². The molecular formula is C22H40N10O7. The van der Waals surface area contributed by atoms with Crippen molar-refractivity contribution in [3.05, 3.63) is 0 Å². The summed E-state index contributed by atoms with van der Waals surface area (Å²) in [7, 11) is 0. The maximum absolute atomic E-state index is 13.1. The number of carbonyl (C=O) groups excluding carboxylic acids is 3. The van der Waals surface area contributed by atoms with Crippen molar-refractivity contribution in [1.29, 1.82) is 0 Å². The number of aliphatic imine (C=N–C) groups is 2. The highest BCUT2D eigenvalue weighted by atomic mass is 16.4. The van der Waals surface area contributed by atoms with Crippen LogP contribution in [0.5, 0.6) is 0 Å². The molecule has 3 amide bonds. The minimum Gasteiger partial charge on any atom is -0.481 e. The van der Waals surface area contributed by atoms with Crippen molar-refractivity contribution in [2.24, 2.45) is 32.9 Å². The lowest BCUT2D eigenvalue weighted by Crippen LogP contribution is -2.57. The minimum atomic E-state index is -1.30. The van der Waals surface area contributed by atoms with Gasteiger partial charge in [-0.1, -0.05) is 0 Å². The van der Waals surface area contributed by atoms with E-state index in [4.69, 9.17) is 28.0 Å². The number of carboxylic acids is 2. The van der Waals surface area contributed by atoms with E-state index in [-0.39, 0.29) is 57.1 Å². The van der Waals surface area contributed by atoms with E-state index in [0.29, 0.717) is 13.0 Å². The van der Waals surface area contributed by atoms with Crippen LogP contribution in [0.4, 0.5) is 0 Å². The first-order chi connectivity index (χ1) is 18.4. The fraction of sp³-hybridized carbons (Fsp3) is 0.682. The Hall–Kier alpha value is -4.15. The molecule has 39 heavy (non-hydrogen) atoms. The van der Waals surface area contributed by atoms with Gasteiger partial charge in [0.05, 0.1) is 6.04 Å². The van der Waals surface area contributed by atoms with E-state index in [1.165, 1.54) is 0 Å². The molecule has 220 valence electrons. The van der Waals surface area contributed by atoms with Crippen molar-refractivity contribution < 1.29 is 34.2 Å². The summed E-state index contributed by atoms with van der Waals surface area (Å²) in [5.74, 6) is -4.82. The number of nitrogens with zero attached hydrogens (tertiary/aromatic N) is 2. The molecule has 1 aliphatic heterocycles. The fourth-order valence-electron chi connectivity index (χ4n) is 3.80. The van der Waals surface area contributed by atoms with Gasteiger partial charge in [0.1, 0.15) is 18.1 Å². The van der Waals surface area contributed by atoms with Crippen LogP contribution < -0.4 is 44.2 Å². The van der Waals surface area contributed by atoms with Gasteiger partial charge in [-0.2, -0.15) is 0 Å². The maximum atomic E-state index is 13.1. The van der Waals surface area contributed by atoms with Crippen LogP contribution in [0, 0.1) is 0 Å². The van der Waals surface area contributed by atoms with Gasteiger partial charge in [-0.05, 0) is 51.5 Å². The Labute approximate surface area is 225 Å². The highest BCUT2D eigenvalue weighted by Crippen LogP contribution is 2.08. The molecular weight excluding hydrogens is 516 g/mol. The van der Waals surface area contributed by atoms with Gasteiger partial charge in [-0.15, -0.1) is 0 Å². The highest BCUT2D eigenvalue weighted by molar-refractivity contribution is 5.94. The van der Waals surface area contributed by atoms with Gasteiger partial charge in [-0.25, -0.2) is 4.79 Å². The third-order valence-electron chi connectivity index (χ3n) is 5.79. The van der Waals surface area contributed by atoms with Crippen LogP contribution in [-0.2, 0) is 24.0 Å². The summed E-state index contributed by atoms with van der Waals surface area (Å²) in [6.45, 7) is 0.926. The van der Waals surface area contributed by atoms with Crippen LogP contribution in [0.15, 0.2) is 9.98 Å².